The van der Waals surface area contributed by atoms with E-state index in [2.05, 4.69) is 38.9 Å². The molecule has 0 saturated carbocycles. The van der Waals surface area contributed by atoms with Gasteiger partial charge in [-0.2, -0.15) is 13.5 Å². The highest BCUT2D eigenvalue weighted by Crippen LogP contribution is 2.86. The quantitative estimate of drug-likeness (QED) is 0.527. The number of rotatable bonds is 6. The van der Waals surface area contributed by atoms with E-state index in [0.717, 1.165) is 65.4 Å². The van der Waals surface area contributed by atoms with E-state index < -0.39 is 22.5 Å². The monoisotopic (exact) mass is 412 g/mol. The van der Waals surface area contributed by atoms with E-state index in [0.29, 0.717) is 0 Å². The Hall–Kier alpha value is -0.300. The van der Waals surface area contributed by atoms with Gasteiger partial charge >= 0.3 is 0 Å². The van der Waals surface area contributed by atoms with Crippen molar-refractivity contribution in [1.82, 2.24) is 32.7 Å². The van der Waals surface area contributed by atoms with Crippen molar-refractivity contribution in [3.63, 3.8) is 0 Å². The van der Waals surface area contributed by atoms with Gasteiger partial charge in [0.2, 0.25) is 15.0 Å². The van der Waals surface area contributed by atoms with E-state index >= 15 is 0 Å². The Morgan fingerprint density at radius 2 is 0.923 bits per heavy atom. The Bertz CT molecular complexity index is 874. The van der Waals surface area contributed by atoms with Crippen molar-refractivity contribution in [3.05, 3.63) is 18.7 Å². The molecule has 26 heavy (non-hydrogen) atoms. The van der Waals surface area contributed by atoms with Crippen molar-refractivity contribution >= 4 is 22.5 Å². The lowest BCUT2D eigenvalue weighted by atomic mass is 11.0. The summed E-state index contributed by atoms with van der Waals surface area (Å²) >= 11 is 0. The van der Waals surface area contributed by atoms with Crippen LogP contribution in [0.3, 0.4) is 0 Å². The Labute approximate surface area is 153 Å². The van der Waals surface area contributed by atoms with Gasteiger partial charge in [-0.05, 0) is 0 Å². The zero-order valence-electron chi connectivity index (χ0n) is 14.6. The molecule has 1 atom stereocenters. The van der Waals surface area contributed by atoms with E-state index in [4.69, 9.17) is 13.5 Å². The largest absolute Gasteiger partial charge is 0.273 e. The van der Waals surface area contributed by atoms with Gasteiger partial charge in [0, 0.05) is 77.8 Å². The Morgan fingerprint density at radius 3 is 1.31 bits per heavy atom. The summed E-state index contributed by atoms with van der Waals surface area (Å²) in [4.78, 5) is 4.37. The van der Waals surface area contributed by atoms with Crippen molar-refractivity contribution in [2.24, 2.45) is 13.5 Å². The van der Waals surface area contributed by atoms with Crippen molar-refractivity contribution in [2.45, 2.75) is 0 Å². The van der Waals surface area contributed by atoms with Crippen LogP contribution < -0.4 is 0 Å². The maximum absolute atomic E-state index is 5.67. The highest BCUT2D eigenvalue weighted by Gasteiger charge is 2.58. The first-order valence-electron chi connectivity index (χ1n) is 9.43. The van der Waals surface area contributed by atoms with E-state index in [1.54, 1.807) is 0 Å². The van der Waals surface area contributed by atoms with Crippen LogP contribution in [-0.2, 0) is 0 Å². The smallest absolute Gasteiger partial charge is 0.251 e. The minimum Gasteiger partial charge on any atom is -0.273 e. The fraction of sp³-hybridized carbons (Fsp3) is 0.769. The highest BCUT2D eigenvalue weighted by molar-refractivity contribution is 7.83. The van der Waals surface area contributed by atoms with Crippen molar-refractivity contribution in [3.8, 4) is 0 Å². The Balaban J connectivity index is 1.58. The standard InChI is InChI=1S/C13H23N10P3/c1-2-23(13-14-1)26(22-11-12-22)16-24(18-3-4-18,19-5-6-19)15-25(17-26,20-7-8-20)21-9-10-21/h1-2,13H,3-12H2. The van der Waals surface area contributed by atoms with Gasteiger partial charge in [-0.15, -0.1) is 0 Å². The summed E-state index contributed by atoms with van der Waals surface area (Å²) in [6.45, 7) is 11.3. The zero-order valence-corrected chi connectivity index (χ0v) is 17.3. The minimum absolute atomic E-state index is 1.10. The molecular weight excluding hydrogens is 389 g/mol. The molecule has 5 fully saturated rings. The number of aromatic nitrogens is 2. The average molecular weight is 412 g/mol. The summed E-state index contributed by atoms with van der Waals surface area (Å²) in [7, 11) is -6.16. The molecule has 0 radical (unpaired) electrons. The van der Waals surface area contributed by atoms with Crippen LogP contribution in [0.4, 0.5) is 0 Å². The lowest BCUT2D eigenvalue weighted by Gasteiger charge is -2.38. The number of nitrogens with zero attached hydrogens (tertiary/aromatic N) is 10. The van der Waals surface area contributed by atoms with Gasteiger partial charge in [-0.25, -0.2) is 28.3 Å². The third kappa shape index (κ3) is 2.13. The van der Waals surface area contributed by atoms with Gasteiger partial charge in [-0.1, -0.05) is 0 Å². The van der Waals surface area contributed by atoms with Gasteiger partial charge in [-0.3, -0.25) is 4.34 Å². The molecule has 0 bridgehead atoms. The molecule has 140 valence electrons. The van der Waals surface area contributed by atoms with Crippen molar-refractivity contribution < 1.29 is 0 Å². The number of hydrogen-bond acceptors (Lipinski definition) is 9. The van der Waals surface area contributed by atoms with Gasteiger partial charge in [0.05, 0.1) is 0 Å². The molecule has 5 saturated heterocycles. The molecule has 1 aromatic heterocycles. The first-order chi connectivity index (χ1) is 12.8. The molecule has 1 unspecified atom stereocenters. The van der Waals surface area contributed by atoms with E-state index in [9.17, 15) is 0 Å². The molecule has 6 aliphatic rings. The molecule has 0 aromatic carbocycles. The van der Waals surface area contributed by atoms with Crippen LogP contribution in [-0.4, -0.2) is 98.1 Å². The fourth-order valence-electron chi connectivity index (χ4n) is 3.67. The molecule has 0 aliphatic carbocycles. The molecule has 6 aliphatic heterocycles. The SMILES string of the molecule is c1cn(P2(N3CC3)=NP(N3CC3)(N3CC3)=NP(N3CC3)(N3CC3)=N2)cn1. The minimum atomic E-state index is -2.18. The lowest BCUT2D eigenvalue weighted by molar-refractivity contribution is 0.747. The van der Waals surface area contributed by atoms with Crippen LogP contribution in [0.2, 0.25) is 0 Å². The predicted octanol–water partition coefficient (Wildman–Crippen LogP) is 2.16. The molecule has 0 amide bonds. The van der Waals surface area contributed by atoms with Crippen LogP contribution >= 0.6 is 22.5 Å². The number of hydrogen-bond donors (Lipinski definition) is 0. The van der Waals surface area contributed by atoms with Gasteiger partial charge in [0.25, 0.3) is 7.51 Å². The first kappa shape index (κ1) is 15.6. The zero-order chi connectivity index (χ0) is 17.0. The summed E-state index contributed by atoms with van der Waals surface area (Å²) in [5, 5.41) is 0. The van der Waals surface area contributed by atoms with Crippen LogP contribution in [0.1, 0.15) is 0 Å². The third-order valence-electron chi connectivity index (χ3n) is 5.54. The third-order valence-corrected chi connectivity index (χ3v) is 17.9. The maximum Gasteiger partial charge on any atom is 0.251 e. The van der Waals surface area contributed by atoms with Gasteiger partial charge < -0.3 is 0 Å². The van der Waals surface area contributed by atoms with Crippen molar-refractivity contribution in [1.29, 1.82) is 0 Å². The average Bonchev–Trinajstić information content (AvgIpc) is 3.51. The van der Waals surface area contributed by atoms with Crippen LogP contribution in [0.15, 0.2) is 32.3 Å². The molecule has 1 aromatic rings. The summed E-state index contributed by atoms with van der Waals surface area (Å²) in [5.41, 5.74) is 0. The fourth-order valence-corrected chi connectivity index (χ4v) is 18.8. The highest BCUT2D eigenvalue weighted by atomic mass is 31.3. The lowest BCUT2D eigenvalue weighted by Crippen LogP contribution is -2.14. The number of imidazole rings is 1. The molecular formula is C13H23N10P3. The van der Waals surface area contributed by atoms with Crippen LogP contribution in [0.5, 0.6) is 0 Å². The van der Waals surface area contributed by atoms with E-state index in [1.807, 2.05) is 12.5 Å². The second kappa shape index (κ2) is 5.00. The summed E-state index contributed by atoms with van der Waals surface area (Å²) in [6, 6.07) is 0. The topological polar surface area (TPSA) is 69.9 Å². The first-order valence-corrected chi connectivity index (χ1v) is 14.2. The normalized spacial score (nSPS) is 38.2. The maximum atomic E-state index is 5.67. The van der Waals surface area contributed by atoms with Crippen LogP contribution in [0, 0.1) is 0 Å². The molecule has 7 heterocycles. The van der Waals surface area contributed by atoms with Gasteiger partial charge in [0.15, 0.2) is 0 Å². The van der Waals surface area contributed by atoms with Crippen molar-refractivity contribution in [2.75, 3.05) is 65.4 Å². The summed E-state index contributed by atoms with van der Waals surface area (Å²) < 4.78 is 32.0. The molecule has 7 rings (SSSR count). The predicted molar refractivity (Wildman–Crippen MR) is 104 cm³/mol. The molecule has 0 spiro atoms. The second-order valence-electron chi connectivity index (χ2n) is 7.59. The van der Waals surface area contributed by atoms with Crippen LogP contribution in [0.25, 0.3) is 0 Å². The summed E-state index contributed by atoms with van der Waals surface area (Å²) in [6.07, 6.45) is 5.91. The van der Waals surface area contributed by atoms with E-state index in [-0.39, 0.29) is 0 Å². The summed E-state index contributed by atoms with van der Waals surface area (Å²) in [5.74, 6) is 0. The Morgan fingerprint density at radius 1 is 0.538 bits per heavy atom. The molecule has 13 heteroatoms. The molecule has 10 nitrogen and oxygen atoms in total. The second-order valence-corrected chi connectivity index (χ2v) is 16.2. The van der Waals surface area contributed by atoms with Gasteiger partial charge in [0.1, 0.15) is 6.33 Å². The molecule has 0 N–H and O–H groups in total. The van der Waals surface area contributed by atoms with E-state index in [1.165, 1.54) is 0 Å². The Kier molecular flexibility index (Phi) is 3.00.